The maximum Gasteiger partial charge on any atom is 0.408 e. The van der Waals surface area contributed by atoms with Gasteiger partial charge in [0, 0.05) is 11.8 Å². The molecule has 1 unspecified atom stereocenters. The summed E-state index contributed by atoms with van der Waals surface area (Å²) < 4.78 is 43.9. The van der Waals surface area contributed by atoms with Crippen LogP contribution in [0.4, 0.5) is 13.2 Å². The maximum atomic E-state index is 12.6. The number of hydrogen-bond acceptors (Lipinski definition) is 3. The van der Waals surface area contributed by atoms with Gasteiger partial charge in [0.25, 0.3) is 0 Å². The highest BCUT2D eigenvalue weighted by atomic mass is 19.4. The summed E-state index contributed by atoms with van der Waals surface area (Å²) in [5, 5.41) is 6.97. The molecule has 1 heterocycles. The Labute approximate surface area is 149 Å². The Balaban J connectivity index is 1.70. The van der Waals surface area contributed by atoms with E-state index in [1.165, 1.54) is 13.3 Å². The van der Waals surface area contributed by atoms with E-state index in [1.54, 1.807) is 6.07 Å². The number of halogens is 3. The summed E-state index contributed by atoms with van der Waals surface area (Å²) in [5.74, 6) is 0.416. The first-order valence-corrected chi connectivity index (χ1v) is 8.40. The van der Waals surface area contributed by atoms with Crippen molar-refractivity contribution >= 4 is 5.91 Å². The molecule has 1 aromatic heterocycles. The quantitative estimate of drug-likeness (QED) is 0.883. The number of carbonyl (C=O) groups is 1. The lowest BCUT2D eigenvalue weighted by Crippen LogP contribution is -2.32. The Morgan fingerprint density at radius 2 is 2.15 bits per heavy atom. The number of aryl methyl sites for hydroxylation is 1. The highest BCUT2D eigenvalue weighted by Gasteiger charge is 2.31. The number of ether oxygens (including phenoxy) is 1. The molecule has 1 aromatic carbocycles. The Morgan fingerprint density at radius 1 is 1.38 bits per heavy atom. The van der Waals surface area contributed by atoms with Crippen molar-refractivity contribution in [1.82, 2.24) is 15.1 Å². The van der Waals surface area contributed by atoms with E-state index in [0.29, 0.717) is 24.3 Å². The minimum absolute atomic E-state index is 0.138. The van der Waals surface area contributed by atoms with Gasteiger partial charge in [-0.1, -0.05) is 18.2 Å². The average molecular weight is 367 g/mol. The van der Waals surface area contributed by atoms with E-state index in [4.69, 9.17) is 4.74 Å². The largest absolute Gasteiger partial charge is 0.496 e. The molecule has 26 heavy (non-hydrogen) atoms. The number of alkyl halides is 3. The highest BCUT2D eigenvalue weighted by molar-refractivity contribution is 5.79. The summed E-state index contributed by atoms with van der Waals surface area (Å²) in [6.07, 6.45) is -0.623. The molecule has 8 heteroatoms. The van der Waals surface area contributed by atoms with Crippen LogP contribution >= 0.6 is 0 Å². The molecule has 1 amide bonds. The van der Waals surface area contributed by atoms with E-state index in [2.05, 4.69) is 10.4 Å². The summed E-state index contributed by atoms with van der Waals surface area (Å²) >= 11 is 0. The van der Waals surface area contributed by atoms with Crippen LogP contribution in [0.5, 0.6) is 5.75 Å². The van der Waals surface area contributed by atoms with Gasteiger partial charge in [-0.15, -0.1) is 0 Å². The molecule has 0 fully saturated rings. The number of rotatable bonds is 5. The van der Waals surface area contributed by atoms with Crippen molar-refractivity contribution in [3.8, 4) is 5.75 Å². The maximum absolute atomic E-state index is 12.6. The molecule has 140 valence electrons. The van der Waals surface area contributed by atoms with Gasteiger partial charge in [-0.3, -0.25) is 9.48 Å². The topological polar surface area (TPSA) is 56.1 Å². The lowest BCUT2D eigenvalue weighted by molar-refractivity contribution is -0.142. The summed E-state index contributed by atoms with van der Waals surface area (Å²) in [5.41, 5.74) is 2.06. The first kappa shape index (κ1) is 18.3. The number of nitrogens with zero attached hydrogens (tertiary/aromatic N) is 2. The van der Waals surface area contributed by atoms with E-state index >= 15 is 0 Å². The number of aromatic nitrogens is 2. The van der Waals surface area contributed by atoms with Gasteiger partial charge in [-0.2, -0.15) is 18.3 Å². The second-order valence-corrected chi connectivity index (χ2v) is 6.35. The van der Waals surface area contributed by atoms with Crippen molar-refractivity contribution in [2.24, 2.45) is 0 Å². The molecule has 0 aliphatic heterocycles. The Bertz CT molecular complexity index is 786. The molecule has 1 N–H and O–H groups in total. The van der Waals surface area contributed by atoms with Gasteiger partial charge >= 0.3 is 6.18 Å². The van der Waals surface area contributed by atoms with Gasteiger partial charge in [-0.25, -0.2) is 0 Å². The molecule has 2 aromatic rings. The predicted octanol–water partition coefficient (Wildman–Crippen LogP) is 3.19. The van der Waals surface area contributed by atoms with Gasteiger partial charge in [0.05, 0.1) is 25.3 Å². The summed E-state index contributed by atoms with van der Waals surface area (Å²) in [6, 6.07) is 6.86. The normalized spacial score (nSPS) is 16.8. The third-order valence-electron chi connectivity index (χ3n) is 4.36. The number of methoxy groups -OCH3 is 1. The predicted molar refractivity (Wildman–Crippen MR) is 88.8 cm³/mol. The summed E-state index contributed by atoms with van der Waals surface area (Å²) in [7, 11) is 1.54. The molecule has 5 nitrogen and oxygen atoms in total. The lowest BCUT2D eigenvalue weighted by Gasteiger charge is -2.22. The average Bonchev–Trinajstić information content (AvgIpc) is 2.96. The number of para-hydroxylation sites is 1. The second kappa shape index (κ2) is 7.39. The van der Waals surface area contributed by atoms with Crippen LogP contribution in [0.1, 0.15) is 35.7 Å². The fourth-order valence-corrected chi connectivity index (χ4v) is 3.27. The van der Waals surface area contributed by atoms with E-state index in [-0.39, 0.29) is 18.4 Å². The van der Waals surface area contributed by atoms with Crippen LogP contribution in [0, 0.1) is 0 Å². The molecule has 1 aliphatic carbocycles. The molecule has 0 saturated heterocycles. The zero-order chi connectivity index (χ0) is 18.7. The highest BCUT2D eigenvalue weighted by Crippen LogP contribution is 2.30. The van der Waals surface area contributed by atoms with Crippen LogP contribution in [-0.2, 0) is 24.2 Å². The first-order chi connectivity index (χ1) is 12.4. The van der Waals surface area contributed by atoms with E-state index in [0.717, 1.165) is 22.2 Å². The van der Waals surface area contributed by atoms with Crippen molar-refractivity contribution in [2.75, 3.05) is 7.11 Å². The number of fused-ring (bicyclic) bond motifs is 1. The third-order valence-corrected chi connectivity index (χ3v) is 4.36. The molecule has 1 atom stereocenters. The molecule has 0 saturated carbocycles. The van der Waals surface area contributed by atoms with Crippen molar-refractivity contribution < 1.29 is 22.7 Å². The third kappa shape index (κ3) is 4.36. The summed E-state index contributed by atoms with van der Waals surface area (Å²) in [6.45, 7) is -1.12. The van der Waals surface area contributed by atoms with Crippen LogP contribution in [0.2, 0.25) is 0 Å². The van der Waals surface area contributed by atoms with Crippen LogP contribution in [0.3, 0.4) is 0 Å². The SMILES string of the molecule is COc1ccccc1CC(=O)NC1CCCc2cn(CC(F)(F)F)nc21. The number of amides is 1. The Morgan fingerprint density at radius 3 is 2.88 bits per heavy atom. The van der Waals surface area contributed by atoms with Gasteiger partial charge in [0.1, 0.15) is 12.3 Å². The van der Waals surface area contributed by atoms with E-state index in [1.807, 2.05) is 18.2 Å². The Hall–Kier alpha value is -2.51. The van der Waals surface area contributed by atoms with Gasteiger partial charge in [0.15, 0.2) is 0 Å². The van der Waals surface area contributed by atoms with Gasteiger partial charge < -0.3 is 10.1 Å². The van der Waals surface area contributed by atoms with Crippen LogP contribution in [0.25, 0.3) is 0 Å². The fourth-order valence-electron chi connectivity index (χ4n) is 3.27. The number of benzene rings is 1. The standard InChI is InChI=1S/C18H20F3N3O2/c1-26-15-8-3-2-5-12(15)9-16(25)22-14-7-4-6-13-10-24(23-17(13)14)11-18(19,20)21/h2-3,5,8,10,14H,4,6-7,9,11H2,1H3,(H,22,25). The van der Waals surface area contributed by atoms with E-state index < -0.39 is 12.7 Å². The Kier molecular flexibility index (Phi) is 5.20. The molecular formula is C18H20F3N3O2. The molecular weight excluding hydrogens is 347 g/mol. The number of hydrogen-bond donors (Lipinski definition) is 1. The van der Waals surface area contributed by atoms with Crippen molar-refractivity contribution in [2.45, 2.75) is 44.4 Å². The first-order valence-electron chi connectivity index (χ1n) is 8.40. The smallest absolute Gasteiger partial charge is 0.408 e. The molecule has 0 spiro atoms. The number of nitrogens with one attached hydrogen (secondary N) is 1. The van der Waals surface area contributed by atoms with Gasteiger partial charge in [-0.05, 0) is 30.9 Å². The lowest BCUT2D eigenvalue weighted by atomic mass is 9.93. The fraction of sp³-hybridized carbons (Fsp3) is 0.444. The zero-order valence-corrected chi connectivity index (χ0v) is 14.3. The minimum atomic E-state index is -4.32. The molecule has 0 radical (unpaired) electrons. The van der Waals surface area contributed by atoms with Gasteiger partial charge in [0.2, 0.25) is 5.91 Å². The monoisotopic (exact) mass is 367 g/mol. The van der Waals surface area contributed by atoms with Crippen LogP contribution in [-0.4, -0.2) is 29.0 Å². The minimum Gasteiger partial charge on any atom is -0.496 e. The van der Waals surface area contributed by atoms with Crippen LogP contribution < -0.4 is 10.1 Å². The second-order valence-electron chi connectivity index (χ2n) is 6.35. The molecule has 1 aliphatic rings. The zero-order valence-electron chi connectivity index (χ0n) is 14.3. The number of carbonyl (C=O) groups excluding carboxylic acids is 1. The molecule has 0 bridgehead atoms. The van der Waals surface area contributed by atoms with Crippen LogP contribution in [0.15, 0.2) is 30.5 Å². The van der Waals surface area contributed by atoms with E-state index in [9.17, 15) is 18.0 Å². The summed E-state index contributed by atoms with van der Waals surface area (Å²) in [4.78, 5) is 12.4. The van der Waals surface area contributed by atoms with Crippen molar-refractivity contribution in [3.63, 3.8) is 0 Å². The van der Waals surface area contributed by atoms with Crippen molar-refractivity contribution in [3.05, 3.63) is 47.3 Å². The van der Waals surface area contributed by atoms with Crippen molar-refractivity contribution in [1.29, 1.82) is 0 Å². The molecule has 3 rings (SSSR count).